The maximum absolute atomic E-state index is 13.4. The summed E-state index contributed by atoms with van der Waals surface area (Å²) in [6.45, 7) is 1.49. The van der Waals surface area contributed by atoms with E-state index < -0.39 is 57.6 Å². The van der Waals surface area contributed by atoms with Crippen LogP contribution < -0.4 is 10.2 Å². The lowest BCUT2D eigenvalue weighted by Gasteiger charge is -2.28. The van der Waals surface area contributed by atoms with E-state index in [0.29, 0.717) is 11.3 Å². The van der Waals surface area contributed by atoms with E-state index in [1.165, 1.54) is 26.2 Å². The van der Waals surface area contributed by atoms with Crippen LogP contribution in [0.15, 0.2) is 48.5 Å². The fraction of sp³-hybridized carbons (Fsp3) is 0.286. The number of nitrogens with zero attached hydrogens (tertiary/aromatic N) is 2. The highest BCUT2D eigenvalue weighted by atomic mass is 16.6. The Morgan fingerprint density at radius 3 is 2.45 bits per heavy atom. The summed E-state index contributed by atoms with van der Waals surface area (Å²) < 4.78 is 4.91. The number of benzene rings is 2. The van der Waals surface area contributed by atoms with Gasteiger partial charge in [0.2, 0.25) is 11.8 Å². The first-order chi connectivity index (χ1) is 14.7. The van der Waals surface area contributed by atoms with Crippen molar-refractivity contribution in [1.82, 2.24) is 5.32 Å². The number of nitrogens with one attached hydrogen (secondary N) is 1. The molecule has 160 valence electrons. The zero-order valence-corrected chi connectivity index (χ0v) is 16.6. The van der Waals surface area contributed by atoms with E-state index in [2.05, 4.69) is 5.32 Å². The van der Waals surface area contributed by atoms with Crippen LogP contribution in [0.5, 0.6) is 5.75 Å². The highest BCUT2D eigenvalue weighted by Crippen LogP contribution is 2.50. The molecular weight excluding hydrogens is 406 g/mol. The van der Waals surface area contributed by atoms with Gasteiger partial charge in [0.1, 0.15) is 5.54 Å². The molecule has 2 N–H and O–H groups in total. The third-order valence-corrected chi connectivity index (χ3v) is 5.97. The third-order valence-electron chi connectivity index (χ3n) is 5.97. The van der Waals surface area contributed by atoms with Crippen molar-refractivity contribution >= 4 is 29.2 Å². The largest absolute Gasteiger partial charge is 0.502 e. The maximum atomic E-state index is 13.4. The monoisotopic (exact) mass is 425 g/mol. The number of esters is 1. The summed E-state index contributed by atoms with van der Waals surface area (Å²) in [5.41, 5.74) is -1.29. The lowest BCUT2D eigenvalue weighted by Crippen LogP contribution is -2.54. The quantitative estimate of drug-likeness (QED) is 0.326. The summed E-state index contributed by atoms with van der Waals surface area (Å²) in [7, 11) is 1.19. The highest BCUT2D eigenvalue weighted by Gasteiger charge is 2.67. The molecule has 10 nitrogen and oxygen atoms in total. The van der Waals surface area contributed by atoms with Crippen molar-refractivity contribution < 1.29 is 29.2 Å². The van der Waals surface area contributed by atoms with Crippen molar-refractivity contribution in [1.29, 1.82) is 0 Å². The maximum Gasteiger partial charge on any atom is 0.326 e. The summed E-state index contributed by atoms with van der Waals surface area (Å²) in [5, 5.41) is 24.1. The molecule has 0 saturated carbocycles. The van der Waals surface area contributed by atoms with Gasteiger partial charge in [0.05, 0.1) is 29.6 Å². The molecule has 2 fully saturated rings. The Bertz CT molecular complexity index is 1100. The van der Waals surface area contributed by atoms with Gasteiger partial charge in [-0.2, -0.15) is 0 Å². The number of rotatable bonds is 4. The van der Waals surface area contributed by atoms with Crippen LogP contribution >= 0.6 is 0 Å². The fourth-order valence-electron chi connectivity index (χ4n) is 4.55. The molecule has 2 unspecified atom stereocenters. The van der Waals surface area contributed by atoms with Crippen LogP contribution in [0.4, 0.5) is 11.4 Å². The second kappa shape index (κ2) is 7.17. The summed E-state index contributed by atoms with van der Waals surface area (Å²) >= 11 is 0. The third kappa shape index (κ3) is 2.95. The zero-order valence-electron chi connectivity index (χ0n) is 16.6. The molecule has 2 amide bonds. The van der Waals surface area contributed by atoms with Gasteiger partial charge in [-0.25, -0.2) is 4.90 Å². The molecule has 2 saturated heterocycles. The molecule has 0 bridgehead atoms. The summed E-state index contributed by atoms with van der Waals surface area (Å²) in [5.74, 6) is -4.39. The van der Waals surface area contributed by atoms with E-state index in [9.17, 15) is 29.6 Å². The molecule has 2 aromatic carbocycles. The number of amides is 2. The number of anilines is 1. The van der Waals surface area contributed by atoms with E-state index in [1.807, 2.05) is 0 Å². The molecule has 0 spiro atoms. The molecule has 0 aliphatic carbocycles. The van der Waals surface area contributed by atoms with E-state index in [-0.39, 0.29) is 0 Å². The minimum absolute atomic E-state index is 0.335. The van der Waals surface area contributed by atoms with Gasteiger partial charge < -0.3 is 9.84 Å². The van der Waals surface area contributed by atoms with Crippen molar-refractivity contribution in [3.63, 3.8) is 0 Å². The van der Waals surface area contributed by atoms with Crippen LogP contribution in [0, 0.1) is 22.0 Å². The molecule has 10 heteroatoms. The van der Waals surface area contributed by atoms with E-state index in [0.717, 1.165) is 11.0 Å². The summed E-state index contributed by atoms with van der Waals surface area (Å²) in [6.07, 6.45) is 0. The molecule has 2 heterocycles. The number of phenolic OH excluding ortho intramolecular Hbond substituents is 1. The fourth-order valence-corrected chi connectivity index (χ4v) is 4.55. The van der Waals surface area contributed by atoms with Gasteiger partial charge >= 0.3 is 11.7 Å². The van der Waals surface area contributed by atoms with Crippen LogP contribution in [0.25, 0.3) is 0 Å². The number of methoxy groups -OCH3 is 1. The number of phenols is 1. The first kappa shape index (κ1) is 20.5. The smallest absolute Gasteiger partial charge is 0.326 e. The Morgan fingerprint density at radius 2 is 1.87 bits per heavy atom. The Hall–Kier alpha value is -3.79. The average Bonchev–Trinajstić information content (AvgIpc) is 3.21. The molecule has 4 atom stereocenters. The normalized spacial score (nSPS) is 27.3. The number of carbonyl (C=O) groups is 3. The second-order valence-electron chi connectivity index (χ2n) is 7.67. The second-order valence-corrected chi connectivity index (χ2v) is 7.67. The Labute approximate surface area is 176 Å². The average molecular weight is 425 g/mol. The predicted molar refractivity (Wildman–Crippen MR) is 107 cm³/mol. The number of nitro benzene ring substituents is 1. The Balaban J connectivity index is 1.83. The van der Waals surface area contributed by atoms with Gasteiger partial charge in [0.25, 0.3) is 0 Å². The molecule has 2 aromatic rings. The van der Waals surface area contributed by atoms with Crippen LogP contribution in [0.3, 0.4) is 0 Å². The number of imide groups is 1. The number of para-hydroxylation sites is 1. The minimum atomic E-state index is -1.52. The first-order valence-corrected chi connectivity index (χ1v) is 9.47. The number of ether oxygens (including phenoxy) is 1. The van der Waals surface area contributed by atoms with Crippen LogP contribution in [-0.2, 0) is 19.1 Å². The van der Waals surface area contributed by atoms with Crippen LogP contribution in [-0.4, -0.2) is 40.5 Å². The predicted octanol–water partition coefficient (Wildman–Crippen LogP) is 1.68. The lowest BCUT2D eigenvalue weighted by molar-refractivity contribution is -0.385. The molecule has 31 heavy (non-hydrogen) atoms. The van der Waals surface area contributed by atoms with E-state index in [4.69, 9.17) is 4.74 Å². The minimum Gasteiger partial charge on any atom is -0.502 e. The first-order valence-electron chi connectivity index (χ1n) is 9.47. The molecule has 2 aliphatic heterocycles. The van der Waals surface area contributed by atoms with Crippen molar-refractivity contribution in [2.45, 2.75) is 18.5 Å². The standard InChI is InChI=1S/C21H19N3O7/c1-21(20(28)31-2)16-15(18(26)23(19(16)27)12-6-4-3-5-7-12)17(22-21)11-8-9-13(24(29)30)14(25)10-11/h3-10,15-17,22,25H,1-2H3/t15?,16?,17-,21+/m0/s1. The van der Waals surface area contributed by atoms with Crippen molar-refractivity contribution in [2.75, 3.05) is 12.0 Å². The molecule has 4 rings (SSSR count). The Morgan fingerprint density at radius 1 is 1.19 bits per heavy atom. The summed E-state index contributed by atoms with van der Waals surface area (Å²) in [6, 6.07) is 11.2. The Kier molecular flexibility index (Phi) is 4.74. The number of aromatic hydroxyl groups is 1. The van der Waals surface area contributed by atoms with Gasteiger partial charge in [0, 0.05) is 12.1 Å². The van der Waals surface area contributed by atoms with Crippen molar-refractivity contribution in [3.8, 4) is 5.75 Å². The number of hydrogen-bond acceptors (Lipinski definition) is 8. The van der Waals surface area contributed by atoms with E-state index >= 15 is 0 Å². The summed E-state index contributed by atoms with van der Waals surface area (Å²) in [4.78, 5) is 50.7. The van der Waals surface area contributed by atoms with Crippen molar-refractivity contribution in [2.24, 2.45) is 11.8 Å². The van der Waals surface area contributed by atoms with Gasteiger partial charge in [-0.1, -0.05) is 24.3 Å². The number of nitro groups is 1. The van der Waals surface area contributed by atoms with Gasteiger partial charge in [0.15, 0.2) is 5.75 Å². The molecular formula is C21H19N3O7. The highest BCUT2D eigenvalue weighted by molar-refractivity contribution is 6.24. The van der Waals surface area contributed by atoms with Gasteiger partial charge in [-0.3, -0.25) is 29.8 Å². The van der Waals surface area contributed by atoms with E-state index in [1.54, 1.807) is 30.3 Å². The van der Waals surface area contributed by atoms with Crippen LogP contribution in [0.1, 0.15) is 18.5 Å². The molecule has 2 aliphatic rings. The molecule has 0 aromatic heterocycles. The van der Waals surface area contributed by atoms with Gasteiger partial charge in [-0.15, -0.1) is 0 Å². The zero-order chi connectivity index (χ0) is 22.5. The van der Waals surface area contributed by atoms with Crippen LogP contribution in [0.2, 0.25) is 0 Å². The number of carbonyl (C=O) groups excluding carboxylic acids is 3. The molecule has 0 radical (unpaired) electrons. The SMILES string of the molecule is COC(=O)[C@]1(C)N[C@@H](c2ccc([N+](=O)[O-])c(O)c2)C2C(=O)N(c3ccccc3)C(=O)C21. The number of fused-ring (bicyclic) bond motifs is 1. The van der Waals surface area contributed by atoms with Crippen molar-refractivity contribution in [3.05, 3.63) is 64.2 Å². The topological polar surface area (TPSA) is 139 Å². The van der Waals surface area contributed by atoms with Gasteiger partial charge in [-0.05, 0) is 30.7 Å². The lowest BCUT2D eigenvalue weighted by atomic mass is 9.80. The number of hydrogen-bond donors (Lipinski definition) is 2.